The molecule has 0 radical (unpaired) electrons. The zero-order chi connectivity index (χ0) is 30.9. The number of aldehydes is 2. The van der Waals surface area contributed by atoms with Crippen molar-refractivity contribution < 1.29 is 40.4 Å². The summed E-state index contributed by atoms with van der Waals surface area (Å²) in [4.78, 5) is 37.4. The van der Waals surface area contributed by atoms with Crippen LogP contribution in [0.25, 0.3) is 0 Å². The fourth-order valence-corrected chi connectivity index (χ4v) is 12.3. The normalized spacial score (nSPS) is 12.1. The van der Waals surface area contributed by atoms with Crippen LogP contribution in [0.3, 0.4) is 0 Å². The van der Waals surface area contributed by atoms with Gasteiger partial charge in [-0.25, -0.2) is 0 Å². The van der Waals surface area contributed by atoms with E-state index in [1.165, 1.54) is 82.1 Å². The number of hydrogen-bond donors (Lipinski definition) is 0. The minimum absolute atomic E-state index is 0.0245. The molecule has 0 unspecified atom stereocenters. The number of carbonyl (C=O) groups excluding carboxylic acids is 3. The van der Waals surface area contributed by atoms with Crippen molar-refractivity contribution in [2.45, 2.75) is 124 Å². The molecule has 2 rings (SSSR count). The van der Waals surface area contributed by atoms with Gasteiger partial charge in [-0.15, -0.1) is 0 Å². The summed E-state index contributed by atoms with van der Waals surface area (Å²) in [6.45, 7) is 7.96. The Labute approximate surface area is 255 Å². The molecule has 0 bridgehead atoms. The summed E-state index contributed by atoms with van der Waals surface area (Å²) in [6, 6.07) is 12.5. The van der Waals surface area contributed by atoms with Crippen LogP contribution in [0, 0.1) is 5.92 Å². The second-order valence-corrected chi connectivity index (χ2v) is 17.7. The minimum atomic E-state index is -6.44. The summed E-state index contributed by atoms with van der Waals surface area (Å²) in [5.41, 5.74) is 0.203. The first-order valence-electron chi connectivity index (χ1n) is 16.0. The Balaban J connectivity index is 1.98. The number of benzene rings is 2. The molecule has 0 N–H and O–H groups in total. The Bertz CT molecular complexity index is 1130. The number of hydrogen-bond acceptors (Lipinski definition) is 6. The summed E-state index contributed by atoms with van der Waals surface area (Å²) in [5, 5.41) is 0. The van der Waals surface area contributed by atoms with Gasteiger partial charge in [-0.05, 0) is 5.92 Å². The molecule has 2 aromatic carbocycles. The van der Waals surface area contributed by atoms with Crippen molar-refractivity contribution in [1.82, 2.24) is 0 Å². The van der Waals surface area contributed by atoms with Crippen molar-refractivity contribution in [2.75, 3.05) is 0 Å². The molecule has 0 saturated carbocycles. The third-order valence-corrected chi connectivity index (χ3v) is 14.4. The van der Waals surface area contributed by atoms with Crippen LogP contribution in [-0.2, 0) is 30.8 Å². The Morgan fingerprint density at radius 3 is 1.48 bits per heavy atom. The fraction of sp³-hybridized carbons (Fsp3) is 0.571. The summed E-state index contributed by atoms with van der Waals surface area (Å²) in [7, 11) is 0. The Morgan fingerprint density at radius 1 is 0.667 bits per heavy atom. The Hall–Kier alpha value is -2.28. The van der Waals surface area contributed by atoms with E-state index in [1.54, 1.807) is 38.1 Å². The van der Waals surface area contributed by atoms with Crippen LogP contribution in [0.4, 0.5) is 0 Å². The van der Waals surface area contributed by atoms with Crippen molar-refractivity contribution in [3.63, 3.8) is 0 Å². The van der Waals surface area contributed by atoms with Crippen molar-refractivity contribution in [3.05, 3.63) is 59.7 Å². The first kappa shape index (κ1) is 35.9. The average Bonchev–Trinajstić information content (AvgIpc) is 2.96. The van der Waals surface area contributed by atoms with Crippen molar-refractivity contribution >= 4 is 26.3 Å². The van der Waals surface area contributed by atoms with Gasteiger partial charge in [0.1, 0.15) is 0 Å². The van der Waals surface area contributed by atoms with Gasteiger partial charge in [0.25, 0.3) is 0 Å². The molecule has 0 atom stereocenters. The van der Waals surface area contributed by atoms with Gasteiger partial charge in [-0.2, -0.15) is 0 Å². The maximum absolute atomic E-state index is 15.4. The Kier molecular flexibility index (Phi) is 15.7. The van der Waals surface area contributed by atoms with Crippen LogP contribution in [0.1, 0.15) is 138 Å². The van der Waals surface area contributed by atoms with Gasteiger partial charge in [0.15, 0.2) is 0 Å². The molecule has 0 aliphatic heterocycles. The summed E-state index contributed by atoms with van der Waals surface area (Å²) < 4.78 is 27.6. The molecule has 0 aromatic heterocycles. The first-order chi connectivity index (χ1) is 20.1. The van der Waals surface area contributed by atoms with Gasteiger partial charge in [0.05, 0.1) is 0 Å². The zero-order valence-electron chi connectivity index (χ0n) is 26.3. The van der Waals surface area contributed by atoms with E-state index >= 15 is 3.32 Å². The van der Waals surface area contributed by atoms with Crippen LogP contribution in [0.5, 0.6) is 0 Å². The Morgan fingerprint density at radius 2 is 1.07 bits per heavy atom. The predicted octanol–water partition coefficient (Wildman–Crippen LogP) is 8.21. The zero-order valence-corrected chi connectivity index (χ0v) is 27.8. The molecular formula is C35H52O6Ti. The van der Waals surface area contributed by atoms with Crippen LogP contribution < -0.4 is 7.74 Å². The second-order valence-electron chi connectivity index (χ2n) is 12.2. The van der Waals surface area contributed by atoms with E-state index < -0.39 is 28.1 Å². The number of rotatable bonds is 22. The van der Waals surface area contributed by atoms with Gasteiger partial charge < -0.3 is 0 Å². The predicted molar refractivity (Wildman–Crippen MR) is 165 cm³/mol. The topological polar surface area (TPSA) is 86.7 Å². The van der Waals surface area contributed by atoms with E-state index in [4.69, 9.17) is 6.64 Å². The quantitative estimate of drug-likeness (QED) is 0.0753. The molecule has 0 aliphatic carbocycles. The van der Waals surface area contributed by atoms with Crippen LogP contribution in [0.15, 0.2) is 48.5 Å². The van der Waals surface area contributed by atoms with E-state index in [0.29, 0.717) is 19.0 Å². The average molecular weight is 617 g/mol. The van der Waals surface area contributed by atoms with Gasteiger partial charge in [-0.1, -0.05) is 39.5 Å². The van der Waals surface area contributed by atoms with Crippen molar-refractivity contribution in [1.29, 1.82) is 0 Å². The molecule has 7 heteroatoms. The standard InChI is InChI=1S/C18H36O2.2C7H5O.C3H7O.O.Ti/c1-17(2)15-13-11-9-7-5-3-4-6-8-10-12-14-16-18(19)20;2*8-6-7-4-2-1-3-5-7;1-3(2)4;;/h17H,3-16H2,1-2H3,(H,19,20);2*1-4,6H;3H,1-2H3;;/q;;;-1;;+2/p-1. The summed E-state index contributed by atoms with van der Waals surface area (Å²) in [5.74, 6) is 0.156. The summed E-state index contributed by atoms with van der Waals surface area (Å²) >= 11 is -6.44. The second kappa shape index (κ2) is 18.4. The molecule has 42 heavy (non-hydrogen) atoms. The van der Waals surface area contributed by atoms with E-state index in [2.05, 4.69) is 13.8 Å². The van der Waals surface area contributed by atoms with Gasteiger partial charge in [0, 0.05) is 0 Å². The fourth-order valence-electron chi connectivity index (χ4n) is 5.67. The third kappa shape index (κ3) is 10.8. The molecule has 0 amide bonds. The van der Waals surface area contributed by atoms with E-state index in [1.807, 2.05) is 0 Å². The third-order valence-electron chi connectivity index (χ3n) is 7.77. The van der Waals surface area contributed by atoms with Crippen LogP contribution in [-0.4, -0.2) is 24.6 Å². The van der Waals surface area contributed by atoms with Crippen molar-refractivity contribution in [3.8, 4) is 0 Å². The van der Waals surface area contributed by atoms with E-state index in [9.17, 15) is 14.4 Å². The number of unbranched alkanes of at least 4 members (excludes halogenated alkanes) is 11. The van der Waals surface area contributed by atoms with Gasteiger partial charge in [-0.3, -0.25) is 0 Å². The SMILES string of the molecule is CC(C)CCCCCCCCCCCCCCC(=O)[O][Ti](=[O])([O]C(C)C)([c]1ccccc1C=O)[c]1ccccc1C=O. The molecule has 6 nitrogen and oxygen atoms in total. The summed E-state index contributed by atoms with van der Waals surface area (Å²) in [6.07, 6.45) is 16.0. The molecule has 2 aromatic rings. The van der Waals surface area contributed by atoms with Gasteiger partial charge in [0.2, 0.25) is 0 Å². The molecule has 0 fully saturated rings. The molecule has 0 saturated heterocycles. The first-order valence-corrected chi connectivity index (χ1v) is 19.5. The van der Waals surface area contributed by atoms with Crippen LogP contribution in [0.2, 0.25) is 0 Å². The molecule has 232 valence electrons. The van der Waals surface area contributed by atoms with Gasteiger partial charge >= 0.3 is 210 Å². The monoisotopic (exact) mass is 616 g/mol. The molecular weight excluding hydrogens is 564 g/mol. The van der Waals surface area contributed by atoms with Crippen molar-refractivity contribution in [2.24, 2.45) is 5.92 Å². The maximum atomic E-state index is 15.4. The van der Waals surface area contributed by atoms with E-state index in [0.717, 1.165) is 25.2 Å². The van der Waals surface area contributed by atoms with E-state index in [-0.39, 0.29) is 25.3 Å². The van der Waals surface area contributed by atoms with Crippen LogP contribution >= 0.6 is 0 Å². The molecule has 0 aliphatic rings. The number of carbonyl (C=O) groups is 3. The molecule has 0 heterocycles. The molecule has 0 spiro atoms.